The molecule has 3 nitrogen and oxygen atoms in total. The highest BCUT2D eigenvalue weighted by atomic mass is 79.9. The van der Waals surface area contributed by atoms with Gasteiger partial charge in [-0.25, -0.2) is 0 Å². The van der Waals surface area contributed by atoms with Crippen LogP contribution in [0.1, 0.15) is 11.1 Å². The lowest BCUT2D eigenvalue weighted by Crippen LogP contribution is -1.97. The Morgan fingerprint density at radius 2 is 2.06 bits per heavy atom. The number of rotatable bonds is 4. The number of hydrogen-bond acceptors (Lipinski definition) is 3. The molecule has 0 unspecified atom stereocenters. The summed E-state index contributed by atoms with van der Waals surface area (Å²) in [5, 5.41) is 9.47. The summed E-state index contributed by atoms with van der Waals surface area (Å²) in [6.07, 6.45) is 3.45. The average molecular weight is 329 g/mol. The van der Waals surface area contributed by atoms with E-state index >= 15 is 0 Å². The molecular weight excluding hydrogens is 318 g/mol. The van der Waals surface area contributed by atoms with Crippen LogP contribution in [0, 0.1) is 0 Å². The van der Waals surface area contributed by atoms with Crippen LogP contribution in [0.2, 0.25) is 5.02 Å². The van der Waals surface area contributed by atoms with Gasteiger partial charge in [0, 0.05) is 22.4 Å². The largest absolute Gasteiger partial charge is 0.487 e. The second-order valence-electron chi connectivity index (χ2n) is 3.72. The van der Waals surface area contributed by atoms with Crippen molar-refractivity contribution in [1.82, 2.24) is 4.98 Å². The van der Waals surface area contributed by atoms with Crippen molar-refractivity contribution in [3.8, 4) is 5.75 Å². The van der Waals surface area contributed by atoms with Gasteiger partial charge in [-0.15, -0.1) is 0 Å². The number of hydrogen-bond donors (Lipinski definition) is 1. The standard InChI is InChI=1S/C13H11BrClNO2/c14-11-3-10(5-16-6-11)8-18-13-2-1-9(7-17)4-12(13)15/h1-6,17H,7-8H2. The fraction of sp³-hybridized carbons (Fsp3) is 0.154. The highest BCUT2D eigenvalue weighted by molar-refractivity contribution is 9.10. The molecule has 18 heavy (non-hydrogen) atoms. The third-order valence-corrected chi connectivity index (χ3v) is 3.06. The van der Waals surface area contributed by atoms with E-state index in [1.165, 1.54) is 0 Å². The zero-order valence-corrected chi connectivity index (χ0v) is 11.8. The molecule has 0 radical (unpaired) electrons. The van der Waals surface area contributed by atoms with Crippen molar-refractivity contribution in [2.45, 2.75) is 13.2 Å². The average Bonchev–Trinajstić information content (AvgIpc) is 2.37. The van der Waals surface area contributed by atoms with Gasteiger partial charge < -0.3 is 9.84 Å². The summed E-state index contributed by atoms with van der Waals surface area (Å²) >= 11 is 9.39. The van der Waals surface area contributed by atoms with E-state index in [4.69, 9.17) is 21.4 Å². The molecular formula is C13H11BrClNO2. The van der Waals surface area contributed by atoms with Gasteiger partial charge >= 0.3 is 0 Å². The highest BCUT2D eigenvalue weighted by Crippen LogP contribution is 2.26. The van der Waals surface area contributed by atoms with Crippen LogP contribution in [0.5, 0.6) is 5.75 Å². The number of nitrogens with zero attached hydrogens (tertiary/aromatic N) is 1. The maximum Gasteiger partial charge on any atom is 0.138 e. The summed E-state index contributed by atoms with van der Waals surface area (Å²) in [5.41, 5.74) is 1.71. The Labute approximate surface area is 119 Å². The summed E-state index contributed by atoms with van der Waals surface area (Å²) in [7, 11) is 0. The van der Waals surface area contributed by atoms with Gasteiger partial charge in [0.25, 0.3) is 0 Å². The molecule has 2 aromatic rings. The van der Waals surface area contributed by atoms with Crippen LogP contribution in [0.4, 0.5) is 0 Å². The lowest BCUT2D eigenvalue weighted by molar-refractivity contribution is 0.280. The summed E-state index contributed by atoms with van der Waals surface area (Å²) in [5.74, 6) is 0.592. The van der Waals surface area contributed by atoms with Gasteiger partial charge in [-0.2, -0.15) is 0 Å². The number of ether oxygens (including phenoxy) is 1. The molecule has 0 atom stereocenters. The van der Waals surface area contributed by atoms with Crippen LogP contribution >= 0.6 is 27.5 Å². The van der Waals surface area contributed by atoms with Crippen LogP contribution < -0.4 is 4.74 Å². The van der Waals surface area contributed by atoms with Crippen molar-refractivity contribution >= 4 is 27.5 Å². The molecule has 0 amide bonds. The van der Waals surface area contributed by atoms with Gasteiger partial charge in [-0.05, 0) is 39.7 Å². The number of halogens is 2. The van der Waals surface area contributed by atoms with Crippen molar-refractivity contribution in [2.24, 2.45) is 0 Å². The minimum Gasteiger partial charge on any atom is -0.487 e. The summed E-state index contributed by atoms with van der Waals surface area (Å²) in [6.45, 7) is 0.361. The molecule has 5 heteroatoms. The van der Waals surface area contributed by atoms with Crippen LogP contribution in [-0.2, 0) is 13.2 Å². The van der Waals surface area contributed by atoms with Crippen LogP contribution in [0.25, 0.3) is 0 Å². The number of aliphatic hydroxyl groups is 1. The van der Waals surface area contributed by atoms with E-state index in [-0.39, 0.29) is 6.61 Å². The number of benzene rings is 1. The van der Waals surface area contributed by atoms with Gasteiger partial charge in [-0.1, -0.05) is 17.7 Å². The van der Waals surface area contributed by atoms with Crippen LogP contribution in [-0.4, -0.2) is 10.1 Å². The van der Waals surface area contributed by atoms with E-state index in [0.717, 1.165) is 15.6 Å². The first-order valence-corrected chi connectivity index (χ1v) is 6.47. The third-order valence-electron chi connectivity index (χ3n) is 2.33. The van der Waals surface area contributed by atoms with Gasteiger partial charge in [0.2, 0.25) is 0 Å². The number of aromatic nitrogens is 1. The molecule has 1 heterocycles. The Balaban J connectivity index is 2.06. The fourth-order valence-electron chi connectivity index (χ4n) is 1.46. The topological polar surface area (TPSA) is 42.4 Å². The third kappa shape index (κ3) is 3.45. The predicted molar refractivity (Wildman–Crippen MR) is 73.6 cm³/mol. The van der Waals surface area contributed by atoms with Crippen molar-refractivity contribution in [3.05, 3.63) is 57.3 Å². The highest BCUT2D eigenvalue weighted by Gasteiger charge is 2.03. The van der Waals surface area contributed by atoms with E-state index in [9.17, 15) is 0 Å². The van der Waals surface area contributed by atoms with E-state index in [1.54, 1.807) is 30.6 Å². The Morgan fingerprint density at radius 1 is 1.22 bits per heavy atom. The first-order chi connectivity index (χ1) is 8.69. The molecule has 1 aromatic heterocycles. The van der Waals surface area contributed by atoms with Crippen LogP contribution in [0.15, 0.2) is 41.1 Å². The van der Waals surface area contributed by atoms with Crippen molar-refractivity contribution < 1.29 is 9.84 Å². The minimum atomic E-state index is -0.0322. The number of pyridine rings is 1. The molecule has 0 spiro atoms. The molecule has 0 aliphatic rings. The van der Waals surface area contributed by atoms with E-state index in [2.05, 4.69) is 20.9 Å². The molecule has 1 aromatic carbocycles. The molecule has 0 aliphatic carbocycles. The van der Waals surface area contributed by atoms with E-state index < -0.39 is 0 Å². The first kappa shape index (κ1) is 13.3. The molecule has 1 N–H and O–H groups in total. The van der Waals surface area contributed by atoms with Gasteiger partial charge in [0.1, 0.15) is 12.4 Å². The first-order valence-electron chi connectivity index (χ1n) is 5.30. The summed E-state index contributed by atoms with van der Waals surface area (Å²) < 4.78 is 6.51. The Kier molecular flexibility index (Phi) is 4.58. The molecule has 0 bridgehead atoms. The number of aliphatic hydroxyl groups excluding tert-OH is 1. The van der Waals surface area contributed by atoms with Crippen molar-refractivity contribution in [3.63, 3.8) is 0 Å². The molecule has 0 saturated heterocycles. The maximum absolute atomic E-state index is 8.98. The zero-order valence-electron chi connectivity index (χ0n) is 9.44. The summed E-state index contributed by atoms with van der Waals surface area (Å²) in [6, 6.07) is 7.15. The zero-order chi connectivity index (χ0) is 13.0. The molecule has 94 valence electrons. The van der Waals surface area contributed by atoms with E-state index in [0.29, 0.717) is 17.4 Å². The predicted octanol–water partition coefficient (Wildman–Crippen LogP) is 3.57. The minimum absolute atomic E-state index is 0.0322. The smallest absolute Gasteiger partial charge is 0.138 e. The Bertz CT molecular complexity index is 548. The van der Waals surface area contributed by atoms with Gasteiger partial charge in [0.05, 0.1) is 11.6 Å². The molecule has 0 fully saturated rings. The SMILES string of the molecule is OCc1ccc(OCc2cncc(Br)c2)c(Cl)c1. The Hall–Kier alpha value is -1.10. The van der Waals surface area contributed by atoms with E-state index in [1.807, 2.05) is 6.07 Å². The molecule has 0 aliphatic heterocycles. The lowest BCUT2D eigenvalue weighted by Gasteiger charge is -2.09. The summed E-state index contributed by atoms with van der Waals surface area (Å²) in [4.78, 5) is 4.05. The van der Waals surface area contributed by atoms with Gasteiger partial charge in [0.15, 0.2) is 0 Å². The van der Waals surface area contributed by atoms with Gasteiger partial charge in [-0.3, -0.25) is 4.98 Å². The lowest BCUT2D eigenvalue weighted by atomic mass is 10.2. The fourth-order valence-corrected chi connectivity index (χ4v) is 2.13. The second kappa shape index (κ2) is 6.18. The van der Waals surface area contributed by atoms with Crippen LogP contribution in [0.3, 0.4) is 0 Å². The second-order valence-corrected chi connectivity index (χ2v) is 5.05. The normalized spacial score (nSPS) is 10.4. The monoisotopic (exact) mass is 327 g/mol. The maximum atomic E-state index is 8.98. The van der Waals surface area contributed by atoms with Crippen molar-refractivity contribution in [2.75, 3.05) is 0 Å². The molecule has 0 saturated carbocycles. The molecule has 2 rings (SSSR count). The Morgan fingerprint density at radius 3 is 2.72 bits per heavy atom. The quantitative estimate of drug-likeness (QED) is 0.933. The van der Waals surface area contributed by atoms with Crippen molar-refractivity contribution in [1.29, 1.82) is 0 Å².